The van der Waals surface area contributed by atoms with E-state index < -0.39 is 38.7 Å². The summed E-state index contributed by atoms with van der Waals surface area (Å²) in [6.07, 6.45) is 4.75. The highest BCUT2D eigenvalue weighted by Crippen LogP contribution is 2.30. The molecule has 12 heteroatoms. The average molecular weight is 502 g/mol. The fourth-order valence-electron chi connectivity index (χ4n) is 3.61. The number of nitrogens with zero attached hydrogens (tertiary/aromatic N) is 3. The molecule has 2 N–H and O–H groups in total. The lowest BCUT2D eigenvalue weighted by atomic mass is 10.00. The number of hydrogen-bond acceptors (Lipinski definition) is 7. The van der Waals surface area contributed by atoms with Crippen molar-refractivity contribution in [1.82, 2.24) is 19.9 Å². The largest absolute Gasteiger partial charge is 0.467 e. The number of halogens is 2. The molecule has 0 spiro atoms. The quantitative estimate of drug-likeness (QED) is 0.350. The van der Waals surface area contributed by atoms with Crippen LogP contribution in [0.1, 0.15) is 35.0 Å². The third kappa shape index (κ3) is 4.69. The molecule has 0 aliphatic rings. The summed E-state index contributed by atoms with van der Waals surface area (Å²) in [7, 11) is -2.53. The van der Waals surface area contributed by atoms with Gasteiger partial charge in [0.15, 0.2) is 11.6 Å². The van der Waals surface area contributed by atoms with Crippen LogP contribution < -0.4 is 9.46 Å². The van der Waals surface area contributed by atoms with Gasteiger partial charge in [-0.2, -0.15) is 4.98 Å². The van der Waals surface area contributed by atoms with Crippen molar-refractivity contribution < 1.29 is 26.7 Å². The SMILES string of the molecule is CCCS(=O)(=O)Nc1c(F)ccc(C(=O)c2c[nH]c3ncc(-c4cnc(OC)nc4C)cc23)c1F. The monoisotopic (exact) mass is 501 g/mol. The van der Waals surface area contributed by atoms with Crippen LogP contribution in [-0.4, -0.2) is 47.0 Å². The number of methoxy groups -OCH3 is 1. The molecule has 0 radical (unpaired) electrons. The van der Waals surface area contributed by atoms with Crippen LogP contribution in [0.3, 0.4) is 0 Å². The van der Waals surface area contributed by atoms with Crippen molar-refractivity contribution in [2.75, 3.05) is 17.6 Å². The number of carbonyl (C=O) groups is 1. The highest BCUT2D eigenvalue weighted by atomic mass is 32.2. The highest BCUT2D eigenvalue weighted by Gasteiger charge is 2.25. The number of hydrogen-bond donors (Lipinski definition) is 2. The number of nitrogens with one attached hydrogen (secondary N) is 2. The molecular weight excluding hydrogens is 480 g/mol. The fraction of sp³-hybridized carbons (Fsp3) is 0.217. The van der Waals surface area contributed by atoms with E-state index in [1.165, 1.54) is 13.3 Å². The van der Waals surface area contributed by atoms with Gasteiger partial charge < -0.3 is 9.72 Å². The lowest BCUT2D eigenvalue weighted by Gasteiger charge is -2.12. The van der Waals surface area contributed by atoms with E-state index in [1.807, 2.05) is 4.72 Å². The van der Waals surface area contributed by atoms with E-state index in [0.29, 0.717) is 27.9 Å². The standard InChI is InChI=1S/C23H21F2N5O4S/c1-4-7-35(32,33)30-20-18(24)6-5-14(19(20)25)21(31)17-11-27-22-15(17)8-13(9-26-22)16-10-28-23(34-3)29-12(16)2/h5-6,8-11,30H,4,7H2,1-3H3,(H,26,27). The first kappa shape index (κ1) is 24.2. The van der Waals surface area contributed by atoms with Gasteiger partial charge in [0, 0.05) is 40.7 Å². The number of anilines is 1. The summed E-state index contributed by atoms with van der Waals surface area (Å²) < 4.78 is 60.5. The molecule has 0 atom stereocenters. The second-order valence-corrected chi connectivity index (χ2v) is 9.55. The summed E-state index contributed by atoms with van der Waals surface area (Å²) >= 11 is 0. The third-order valence-electron chi connectivity index (χ3n) is 5.29. The van der Waals surface area contributed by atoms with E-state index in [0.717, 1.165) is 12.1 Å². The Morgan fingerprint density at radius 1 is 1.17 bits per heavy atom. The van der Waals surface area contributed by atoms with Gasteiger partial charge in [-0.25, -0.2) is 27.2 Å². The van der Waals surface area contributed by atoms with Gasteiger partial charge in [-0.15, -0.1) is 0 Å². The lowest BCUT2D eigenvalue weighted by molar-refractivity contribution is 0.103. The van der Waals surface area contributed by atoms with Crippen LogP contribution in [0.4, 0.5) is 14.5 Å². The molecule has 9 nitrogen and oxygen atoms in total. The first-order valence-electron chi connectivity index (χ1n) is 10.5. The van der Waals surface area contributed by atoms with Gasteiger partial charge in [0.25, 0.3) is 0 Å². The Hall–Kier alpha value is -3.93. The van der Waals surface area contributed by atoms with Gasteiger partial charge >= 0.3 is 6.01 Å². The minimum atomic E-state index is -3.98. The van der Waals surface area contributed by atoms with E-state index in [-0.39, 0.29) is 23.7 Å². The molecule has 1 aromatic carbocycles. The van der Waals surface area contributed by atoms with Crippen LogP contribution in [0, 0.1) is 18.6 Å². The van der Waals surface area contributed by atoms with Crippen LogP contribution >= 0.6 is 0 Å². The van der Waals surface area contributed by atoms with Gasteiger partial charge in [-0.3, -0.25) is 9.52 Å². The van der Waals surface area contributed by atoms with Crippen molar-refractivity contribution in [3.8, 4) is 17.1 Å². The Bertz CT molecular complexity index is 1550. The first-order chi connectivity index (χ1) is 16.6. The van der Waals surface area contributed by atoms with Crippen LogP contribution in [0.2, 0.25) is 0 Å². The zero-order valence-electron chi connectivity index (χ0n) is 19.0. The predicted molar refractivity (Wildman–Crippen MR) is 126 cm³/mol. The van der Waals surface area contributed by atoms with Gasteiger partial charge in [-0.1, -0.05) is 6.92 Å². The zero-order valence-corrected chi connectivity index (χ0v) is 19.8. The van der Waals surface area contributed by atoms with Crippen molar-refractivity contribution in [2.45, 2.75) is 20.3 Å². The van der Waals surface area contributed by atoms with Crippen molar-refractivity contribution in [3.05, 3.63) is 65.2 Å². The number of ether oxygens (including phenoxy) is 1. The van der Waals surface area contributed by atoms with E-state index in [2.05, 4.69) is 19.9 Å². The molecule has 182 valence electrons. The number of ketones is 1. The summed E-state index contributed by atoms with van der Waals surface area (Å²) in [4.78, 5) is 28.8. The summed E-state index contributed by atoms with van der Waals surface area (Å²) in [5, 5.41) is 0.388. The molecule has 0 saturated carbocycles. The number of sulfonamides is 1. The van der Waals surface area contributed by atoms with Crippen LogP contribution in [0.15, 0.2) is 36.8 Å². The minimum absolute atomic E-state index is 0.0781. The molecular formula is C23H21F2N5O4S. The van der Waals surface area contributed by atoms with Crippen molar-refractivity contribution in [2.24, 2.45) is 0 Å². The summed E-state index contributed by atoms with van der Waals surface area (Å²) in [5.41, 5.74) is 0.948. The minimum Gasteiger partial charge on any atom is -0.467 e. The van der Waals surface area contributed by atoms with E-state index in [1.54, 1.807) is 32.3 Å². The number of benzene rings is 1. The second-order valence-electron chi connectivity index (χ2n) is 7.71. The third-order valence-corrected chi connectivity index (χ3v) is 6.75. The number of H-pyrrole nitrogens is 1. The maximum absolute atomic E-state index is 15.2. The highest BCUT2D eigenvalue weighted by molar-refractivity contribution is 7.92. The molecule has 0 amide bonds. The number of fused-ring (bicyclic) bond motifs is 1. The predicted octanol–water partition coefficient (Wildman–Crippen LogP) is 4.00. The molecule has 4 rings (SSSR count). The Labute approximate surface area is 199 Å². The summed E-state index contributed by atoms with van der Waals surface area (Å²) in [5.74, 6) is -3.52. The molecule has 0 bridgehead atoms. The van der Waals surface area contributed by atoms with Crippen LogP contribution in [0.5, 0.6) is 6.01 Å². The maximum atomic E-state index is 15.2. The number of rotatable bonds is 8. The van der Waals surface area contributed by atoms with E-state index in [4.69, 9.17) is 4.74 Å². The molecule has 35 heavy (non-hydrogen) atoms. The lowest BCUT2D eigenvalue weighted by Crippen LogP contribution is -2.19. The summed E-state index contributed by atoms with van der Waals surface area (Å²) in [6.45, 7) is 3.38. The number of aromatic nitrogens is 4. The molecule has 4 aromatic rings. The molecule has 0 fully saturated rings. The first-order valence-corrected chi connectivity index (χ1v) is 12.2. The Morgan fingerprint density at radius 2 is 1.94 bits per heavy atom. The number of carbonyl (C=O) groups excluding carboxylic acids is 1. The summed E-state index contributed by atoms with van der Waals surface area (Å²) in [6, 6.07) is 3.70. The van der Waals surface area contributed by atoms with Crippen molar-refractivity contribution in [1.29, 1.82) is 0 Å². The Morgan fingerprint density at radius 3 is 2.63 bits per heavy atom. The molecule has 0 unspecified atom stereocenters. The normalized spacial score (nSPS) is 11.6. The van der Waals surface area contributed by atoms with E-state index in [9.17, 15) is 17.6 Å². The molecule has 3 heterocycles. The van der Waals surface area contributed by atoms with Gasteiger partial charge in [0.1, 0.15) is 17.2 Å². The average Bonchev–Trinajstić information content (AvgIpc) is 3.24. The molecule has 0 aliphatic carbocycles. The molecule has 3 aromatic heterocycles. The zero-order chi connectivity index (χ0) is 25.3. The maximum Gasteiger partial charge on any atom is 0.316 e. The van der Waals surface area contributed by atoms with Crippen molar-refractivity contribution in [3.63, 3.8) is 0 Å². The Balaban J connectivity index is 1.77. The van der Waals surface area contributed by atoms with Gasteiger partial charge in [0.05, 0.1) is 24.1 Å². The second kappa shape index (κ2) is 9.37. The fourth-order valence-corrected chi connectivity index (χ4v) is 4.75. The Kier molecular flexibility index (Phi) is 6.48. The van der Waals surface area contributed by atoms with Crippen LogP contribution in [0.25, 0.3) is 22.2 Å². The topological polar surface area (TPSA) is 127 Å². The van der Waals surface area contributed by atoms with Gasteiger partial charge in [-0.05, 0) is 31.5 Å². The number of aromatic amines is 1. The van der Waals surface area contributed by atoms with Crippen molar-refractivity contribution >= 4 is 32.5 Å². The van der Waals surface area contributed by atoms with E-state index >= 15 is 4.39 Å². The number of aryl methyl sites for hydroxylation is 1. The van der Waals surface area contributed by atoms with Gasteiger partial charge in [0.2, 0.25) is 10.0 Å². The number of pyridine rings is 1. The molecule has 0 aliphatic heterocycles. The molecule has 0 saturated heterocycles. The smallest absolute Gasteiger partial charge is 0.316 e. The van der Waals surface area contributed by atoms with Crippen LogP contribution in [-0.2, 0) is 10.0 Å².